The summed E-state index contributed by atoms with van der Waals surface area (Å²) >= 11 is 7.75. The number of amides is 1. The molecule has 4 N–H and O–H groups in total. The highest BCUT2D eigenvalue weighted by Gasteiger charge is 2.30. The number of dihydropyridines is 1. The number of aliphatic imine (C=N–C) groups is 1. The normalized spacial score (nSPS) is 19.6. The largest absolute Gasteiger partial charge is 0.387 e. The lowest BCUT2D eigenvalue weighted by Crippen LogP contribution is -2.46. The Morgan fingerprint density at radius 1 is 1.20 bits per heavy atom. The Balaban J connectivity index is 1.16. The molecule has 0 unspecified atom stereocenters. The zero-order valence-corrected chi connectivity index (χ0v) is 23.3. The van der Waals surface area contributed by atoms with Crippen LogP contribution in [-0.4, -0.2) is 69.8 Å². The van der Waals surface area contributed by atoms with E-state index in [-0.39, 0.29) is 6.54 Å². The first kappa shape index (κ1) is 26.4. The molecular weight excluding hydrogens is 550 g/mol. The van der Waals surface area contributed by atoms with Crippen molar-refractivity contribution in [1.29, 1.82) is 0 Å². The van der Waals surface area contributed by atoms with Crippen LogP contribution in [0, 0.1) is 6.92 Å². The summed E-state index contributed by atoms with van der Waals surface area (Å²) in [5.74, 6) is 1.32. The third kappa shape index (κ3) is 5.56. The molecule has 11 nitrogen and oxygen atoms in total. The molecule has 13 heteroatoms. The standard InChI is InChI=1S/C27H28ClN9O2S/c1-16-23-25(35-27(32-16)37-10-8-36(9-11-37)15-21-29-7-12-40-21)34-24(33-23)22-19(5-6-30-26(22)39)31-14-20(38)17-3-2-4-18(28)13-17/h2-7,12-13,20,31,33,38H,8-11,14-15H2,1H3,(H,32,34,35)/t20-/m0/s1. The third-order valence-corrected chi connectivity index (χ3v) is 7.95. The summed E-state index contributed by atoms with van der Waals surface area (Å²) in [4.78, 5) is 35.4. The van der Waals surface area contributed by atoms with Crippen LogP contribution < -0.4 is 20.9 Å². The molecule has 0 bridgehead atoms. The monoisotopic (exact) mass is 577 g/mol. The van der Waals surface area contributed by atoms with Gasteiger partial charge in [0.05, 0.1) is 24.0 Å². The predicted molar refractivity (Wildman–Crippen MR) is 157 cm³/mol. The van der Waals surface area contributed by atoms with Gasteiger partial charge in [0.25, 0.3) is 5.91 Å². The number of aliphatic hydroxyl groups is 1. The Kier molecular flexibility index (Phi) is 7.48. The average molecular weight is 578 g/mol. The van der Waals surface area contributed by atoms with Gasteiger partial charge < -0.3 is 26.0 Å². The van der Waals surface area contributed by atoms with Gasteiger partial charge in [-0.2, -0.15) is 4.98 Å². The predicted octanol–water partition coefficient (Wildman–Crippen LogP) is 3.08. The molecule has 3 aliphatic rings. The van der Waals surface area contributed by atoms with E-state index in [9.17, 15) is 9.90 Å². The number of carbonyl (C=O) groups is 1. The minimum atomic E-state index is -0.820. The zero-order valence-electron chi connectivity index (χ0n) is 21.8. The van der Waals surface area contributed by atoms with Crippen LogP contribution in [0.2, 0.25) is 5.02 Å². The molecule has 0 aliphatic carbocycles. The highest BCUT2D eigenvalue weighted by molar-refractivity contribution is 7.09. The lowest BCUT2D eigenvalue weighted by Gasteiger charge is -2.34. The Morgan fingerprint density at radius 3 is 2.83 bits per heavy atom. The van der Waals surface area contributed by atoms with E-state index in [0.29, 0.717) is 45.1 Å². The molecule has 0 radical (unpaired) electrons. The smallest absolute Gasteiger partial charge is 0.282 e. The molecule has 1 amide bonds. The zero-order chi connectivity index (χ0) is 27.6. The summed E-state index contributed by atoms with van der Waals surface area (Å²) < 4.78 is 0. The summed E-state index contributed by atoms with van der Waals surface area (Å²) in [6, 6.07) is 7.05. The molecule has 1 saturated heterocycles. The number of nitrogens with one attached hydrogen (secondary N) is 3. The van der Waals surface area contributed by atoms with E-state index in [2.05, 4.69) is 35.7 Å². The fourth-order valence-corrected chi connectivity index (χ4v) is 5.69. The number of hydrogen-bond acceptors (Lipinski definition) is 11. The highest BCUT2D eigenvalue weighted by atomic mass is 35.5. The number of nitrogens with zero attached hydrogens (tertiary/aromatic N) is 6. The number of rotatable bonds is 7. The number of benzene rings is 1. The number of fused-ring (bicyclic) bond motifs is 1. The van der Waals surface area contributed by atoms with Gasteiger partial charge in [0.15, 0.2) is 5.82 Å². The highest BCUT2D eigenvalue weighted by Crippen LogP contribution is 2.35. The van der Waals surface area contributed by atoms with Gasteiger partial charge in [0, 0.05) is 55.5 Å². The Morgan fingerprint density at radius 2 is 2.05 bits per heavy atom. The lowest BCUT2D eigenvalue weighted by atomic mass is 10.1. The molecule has 5 heterocycles. The van der Waals surface area contributed by atoms with Gasteiger partial charge in [0.1, 0.15) is 22.1 Å². The van der Waals surface area contributed by atoms with Gasteiger partial charge in [-0.3, -0.25) is 9.69 Å². The first-order valence-electron chi connectivity index (χ1n) is 12.9. The van der Waals surface area contributed by atoms with Gasteiger partial charge in [-0.05, 0) is 30.7 Å². The van der Waals surface area contributed by atoms with E-state index in [1.165, 1.54) is 6.21 Å². The first-order valence-corrected chi connectivity index (χ1v) is 14.2. The van der Waals surface area contributed by atoms with Gasteiger partial charge in [0.2, 0.25) is 5.95 Å². The second-order valence-corrected chi connectivity index (χ2v) is 11.1. The van der Waals surface area contributed by atoms with Crippen molar-refractivity contribution in [2.45, 2.75) is 19.6 Å². The van der Waals surface area contributed by atoms with Crippen molar-refractivity contribution in [2.24, 2.45) is 4.99 Å². The van der Waals surface area contributed by atoms with Gasteiger partial charge in [-0.25, -0.2) is 15.0 Å². The minimum absolute atomic E-state index is 0.175. The number of piperazine rings is 1. The summed E-state index contributed by atoms with van der Waals surface area (Å²) in [5.41, 5.74) is 3.03. The number of anilines is 3. The molecule has 1 atom stereocenters. The van der Waals surface area contributed by atoms with Crippen molar-refractivity contribution >= 4 is 52.5 Å². The second kappa shape index (κ2) is 11.3. The van der Waals surface area contributed by atoms with Crippen molar-refractivity contribution in [3.05, 3.63) is 80.3 Å². The molecule has 0 spiro atoms. The van der Waals surface area contributed by atoms with Crippen LogP contribution in [-0.2, 0) is 11.3 Å². The molecule has 3 aliphatic heterocycles. The van der Waals surface area contributed by atoms with Crippen molar-refractivity contribution in [2.75, 3.05) is 48.3 Å². The van der Waals surface area contributed by atoms with E-state index in [1.807, 2.05) is 18.5 Å². The van der Waals surface area contributed by atoms with E-state index >= 15 is 0 Å². The van der Waals surface area contributed by atoms with Gasteiger partial charge >= 0.3 is 0 Å². The summed E-state index contributed by atoms with van der Waals surface area (Å²) in [7, 11) is 0. The van der Waals surface area contributed by atoms with Crippen LogP contribution in [0.25, 0.3) is 0 Å². The SMILES string of the molecule is Cc1nc(N2CCN(Cc3nccs3)CC2)nc2c1NC(=C1C(=O)N=CC=C1NC[C@H](O)c1cccc(Cl)c1)N2. The Hall–Kier alpha value is -3.84. The van der Waals surface area contributed by atoms with Crippen LogP contribution in [0.4, 0.5) is 17.5 Å². The van der Waals surface area contributed by atoms with E-state index in [4.69, 9.17) is 21.6 Å². The maximum absolute atomic E-state index is 12.9. The van der Waals surface area contributed by atoms with E-state index < -0.39 is 12.0 Å². The van der Waals surface area contributed by atoms with Crippen molar-refractivity contribution < 1.29 is 9.90 Å². The number of halogens is 1. The summed E-state index contributed by atoms with van der Waals surface area (Å²) in [6.45, 7) is 6.36. The quantitative estimate of drug-likeness (QED) is 0.311. The number of hydrogen-bond donors (Lipinski definition) is 4. The fourth-order valence-electron chi connectivity index (χ4n) is 4.84. The van der Waals surface area contributed by atoms with E-state index in [0.717, 1.165) is 43.4 Å². The third-order valence-electron chi connectivity index (χ3n) is 6.95. The lowest BCUT2D eigenvalue weighted by molar-refractivity contribution is -0.114. The van der Waals surface area contributed by atoms with Crippen LogP contribution in [0.3, 0.4) is 0 Å². The maximum Gasteiger partial charge on any atom is 0.282 e. The topological polar surface area (TPSA) is 131 Å². The average Bonchev–Trinajstić information content (AvgIpc) is 3.62. The van der Waals surface area contributed by atoms with Crippen LogP contribution in [0.1, 0.15) is 22.4 Å². The fraction of sp³-hybridized carbons (Fsp3) is 0.296. The molecular formula is C27H28ClN9O2S. The maximum atomic E-state index is 12.9. The van der Waals surface area contributed by atoms with Crippen molar-refractivity contribution in [1.82, 2.24) is 25.2 Å². The Labute approximate surface area is 240 Å². The van der Waals surface area contributed by atoms with Crippen molar-refractivity contribution in [3.8, 4) is 0 Å². The van der Waals surface area contributed by atoms with Crippen LogP contribution in [0.15, 0.2) is 64.0 Å². The summed E-state index contributed by atoms with van der Waals surface area (Å²) in [6.07, 6.45) is 4.17. The molecule has 40 heavy (non-hydrogen) atoms. The number of allylic oxidation sites excluding steroid dienone is 1. The van der Waals surface area contributed by atoms with Gasteiger partial charge in [-0.1, -0.05) is 23.7 Å². The molecule has 2 aromatic heterocycles. The molecule has 0 saturated carbocycles. The van der Waals surface area contributed by atoms with Crippen LogP contribution in [0.5, 0.6) is 0 Å². The molecule has 3 aromatic rings. The number of aryl methyl sites for hydroxylation is 1. The summed E-state index contributed by atoms with van der Waals surface area (Å²) in [5, 5.41) is 24.1. The molecule has 206 valence electrons. The molecule has 6 rings (SSSR count). The number of carbonyl (C=O) groups excluding carboxylic acids is 1. The second-order valence-electron chi connectivity index (χ2n) is 9.64. The number of aliphatic hydroxyl groups excluding tert-OH is 1. The number of aromatic nitrogens is 3. The molecule has 1 fully saturated rings. The number of thiazole rings is 1. The Bertz CT molecular complexity index is 1510. The molecule has 1 aromatic carbocycles. The van der Waals surface area contributed by atoms with Gasteiger partial charge in [-0.15, -0.1) is 11.3 Å². The van der Waals surface area contributed by atoms with Crippen molar-refractivity contribution in [3.63, 3.8) is 0 Å². The minimum Gasteiger partial charge on any atom is -0.387 e. The van der Waals surface area contributed by atoms with Crippen LogP contribution >= 0.6 is 22.9 Å². The van der Waals surface area contributed by atoms with E-state index in [1.54, 1.807) is 41.7 Å². The first-order chi connectivity index (χ1) is 19.4.